The van der Waals surface area contributed by atoms with E-state index in [4.69, 9.17) is 19.0 Å². The fourth-order valence-electron chi connectivity index (χ4n) is 4.17. The summed E-state index contributed by atoms with van der Waals surface area (Å²) in [7, 11) is 0. The van der Waals surface area contributed by atoms with Crippen molar-refractivity contribution in [3.8, 4) is 17.2 Å². The Hall–Kier alpha value is -3.81. The first kappa shape index (κ1) is 24.3. The highest BCUT2D eigenvalue weighted by molar-refractivity contribution is 5.70. The summed E-state index contributed by atoms with van der Waals surface area (Å²) >= 11 is 0. The number of carbonyl (C=O) groups excluding carboxylic acids is 1. The second-order valence-corrected chi connectivity index (χ2v) is 8.85. The number of aryl methyl sites for hydroxylation is 2. The fourth-order valence-corrected chi connectivity index (χ4v) is 4.17. The molecule has 2 aromatic carbocycles. The van der Waals surface area contributed by atoms with Gasteiger partial charge in [0.25, 0.3) is 0 Å². The number of benzene rings is 2. The molecule has 1 aliphatic rings. The number of hydrogen-bond acceptors (Lipinski definition) is 6. The molecule has 1 N–H and O–H groups in total. The Bertz CT molecular complexity index is 1200. The van der Waals surface area contributed by atoms with E-state index >= 15 is 0 Å². The van der Waals surface area contributed by atoms with Crippen molar-refractivity contribution in [3.63, 3.8) is 0 Å². The molecular weight excluding hydrogens is 448 g/mol. The normalized spacial score (nSPS) is 12.6. The third-order valence-corrected chi connectivity index (χ3v) is 5.90. The van der Waals surface area contributed by atoms with Crippen LogP contribution in [-0.4, -0.2) is 39.8 Å². The van der Waals surface area contributed by atoms with Crippen molar-refractivity contribution in [2.24, 2.45) is 0 Å². The number of fused-ring (bicyclic) bond motifs is 1. The lowest BCUT2D eigenvalue weighted by Crippen LogP contribution is -2.28. The van der Waals surface area contributed by atoms with Crippen molar-refractivity contribution in [2.75, 3.05) is 6.61 Å². The van der Waals surface area contributed by atoms with Crippen LogP contribution < -0.4 is 4.74 Å². The molecule has 8 heteroatoms. The largest absolute Gasteiger partial charge is 0.493 e. The summed E-state index contributed by atoms with van der Waals surface area (Å²) in [4.78, 5) is 29.9. The number of carboxylic acids is 1. The third-order valence-electron chi connectivity index (χ3n) is 5.90. The SMILES string of the molecule is Cc1oc(-c2ccccc2)nc1CCOc1ccc(CCC(=O)O)c2c1CN(C(=O)OC(C)C)C2. The topological polar surface area (TPSA) is 102 Å². The number of oxazole rings is 1. The van der Waals surface area contributed by atoms with E-state index in [1.165, 1.54) is 0 Å². The van der Waals surface area contributed by atoms with Crippen LogP contribution in [0.2, 0.25) is 0 Å². The minimum Gasteiger partial charge on any atom is -0.493 e. The van der Waals surface area contributed by atoms with Gasteiger partial charge >= 0.3 is 12.1 Å². The number of rotatable bonds is 9. The standard InChI is InChI=1S/C27H30N2O6/c1-17(2)34-27(32)29-15-21-19(10-12-25(30)31)9-11-24(22(21)16-29)33-14-13-23-18(3)35-26(28-23)20-7-5-4-6-8-20/h4-9,11,17H,10,12-16H2,1-3H3,(H,30,31). The highest BCUT2D eigenvalue weighted by atomic mass is 16.6. The molecule has 0 atom stereocenters. The average Bonchev–Trinajstić information content (AvgIpc) is 3.43. The summed E-state index contributed by atoms with van der Waals surface area (Å²) in [6.45, 7) is 6.63. The van der Waals surface area contributed by atoms with Gasteiger partial charge in [0.15, 0.2) is 0 Å². The fraction of sp³-hybridized carbons (Fsp3) is 0.370. The Labute approximate surface area is 204 Å². The minimum atomic E-state index is -0.856. The van der Waals surface area contributed by atoms with Crippen LogP contribution in [0, 0.1) is 6.92 Å². The monoisotopic (exact) mass is 478 g/mol. The predicted molar refractivity (Wildman–Crippen MR) is 129 cm³/mol. The first-order valence-electron chi connectivity index (χ1n) is 11.8. The van der Waals surface area contributed by atoms with Crippen molar-refractivity contribution in [1.29, 1.82) is 0 Å². The lowest BCUT2D eigenvalue weighted by Gasteiger charge is -2.17. The number of hydrogen-bond donors (Lipinski definition) is 1. The van der Waals surface area contributed by atoms with E-state index in [1.54, 1.807) is 4.90 Å². The first-order valence-corrected chi connectivity index (χ1v) is 11.8. The molecule has 1 aliphatic heterocycles. The van der Waals surface area contributed by atoms with Crippen LogP contribution >= 0.6 is 0 Å². The summed E-state index contributed by atoms with van der Waals surface area (Å²) in [5.41, 5.74) is 4.50. The Morgan fingerprint density at radius 3 is 2.54 bits per heavy atom. The summed E-state index contributed by atoms with van der Waals surface area (Å²) in [6, 6.07) is 13.5. The van der Waals surface area contributed by atoms with Gasteiger partial charge in [-0.05, 0) is 56.5 Å². The lowest BCUT2D eigenvalue weighted by molar-refractivity contribution is -0.136. The quantitative estimate of drug-likeness (QED) is 0.454. The molecule has 8 nitrogen and oxygen atoms in total. The third kappa shape index (κ3) is 5.82. The van der Waals surface area contributed by atoms with Crippen molar-refractivity contribution in [3.05, 3.63) is 70.6 Å². The highest BCUT2D eigenvalue weighted by Gasteiger charge is 2.30. The molecule has 1 aromatic heterocycles. The molecule has 0 unspecified atom stereocenters. The van der Waals surface area contributed by atoms with E-state index in [1.807, 2.05) is 63.2 Å². The number of carboxylic acid groups (broad SMARTS) is 1. The van der Waals surface area contributed by atoms with Crippen molar-refractivity contribution < 1.29 is 28.6 Å². The van der Waals surface area contributed by atoms with Crippen molar-refractivity contribution >= 4 is 12.1 Å². The Kier molecular flexibility index (Phi) is 7.39. The van der Waals surface area contributed by atoms with E-state index in [2.05, 4.69) is 4.98 Å². The number of aliphatic carboxylic acids is 1. The van der Waals surface area contributed by atoms with Crippen LogP contribution in [0.1, 0.15) is 48.4 Å². The molecule has 0 spiro atoms. The van der Waals surface area contributed by atoms with Crippen LogP contribution in [-0.2, 0) is 35.5 Å². The average molecular weight is 479 g/mol. The van der Waals surface area contributed by atoms with E-state index in [0.29, 0.717) is 44.2 Å². The van der Waals surface area contributed by atoms with Crippen LogP contribution in [0.3, 0.4) is 0 Å². The van der Waals surface area contributed by atoms with Gasteiger partial charge < -0.3 is 19.0 Å². The van der Waals surface area contributed by atoms with Crippen LogP contribution in [0.25, 0.3) is 11.5 Å². The van der Waals surface area contributed by atoms with Gasteiger partial charge in [0.1, 0.15) is 11.5 Å². The lowest BCUT2D eigenvalue weighted by atomic mass is 9.99. The second kappa shape index (κ2) is 10.6. The van der Waals surface area contributed by atoms with E-state index in [0.717, 1.165) is 33.7 Å². The Morgan fingerprint density at radius 2 is 1.83 bits per heavy atom. The second-order valence-electron chi connectivity index (χ2n) is 8.85. The van der Waals surface area contributed by atoms with Gasteiger partial charge in [0.2, 0.25) is 5.89 Å². The van der Waals surface area contributed by atoms with E-state index in [9.17, 15) is 9.59 Å². The molecule has 0 saturated heterocycles. The number of aromatic nitrogens is 1. The van der Waals surface area contributed by atoms with Gasteiger partial charge in [-0.25, -0.2) is 9.78 Å². The van der Waals surface area contributed by atoms with Crippen molar-refractivity contribution in [1.82, 2.24) is 9.88 Å². The number of ether oxygens (including phenoxy) is 2. The Morgan fingerprint density at radius 1 is 1.09 bits per heavy atom. The summed E-state index contributed by atoms with van der Waals surface area (Å²) < 4.78 is 17.3. The molecule has 3 aromatic rings. The zero-order valence-corrected chi connectivity index (χ0v) is 20.2. The number of nitrogens with zero attached hydrogens (tertiary/aromatic N) is 2. The predicted octanol–water partition coefficient (Wildman–Crippen LogP) is 5.15. The first-order chi connectivity index (χ1) is 16.8. The molecule has 1 amide bonds. The Balaban J connectivity index is 1.48. The molecular formula is C27H30N2O6. The maximum atomic E-state index is 12.5. The minimum absolute atomic E-state index is 0.0261. The van der Waals surface area contributed by atoms with Gasteiger partial charge in [-0.15, -0.1) is 0 Å². The number of carbonyl (C=O) groups is 2. The van der Waals surface area contributed by atoms with E-state index < -0.39 is 12.1 Å². The molecule has 2 heterocycles. The summed E-state index contributed by atoms with van der Waals surface area (Å²) in [6.07, 6.45) is 0.374. The zero-order valence-electron chi connectivity index (χ0n) is 20.2. The van der Waals surface area contributed by atoms with Gasteiger partial charge in [0.05, 0.1) is 31.5 Å². The van der Waals surface area contributed by atoms with Crippen LogP contribution in [0.4, 0.5) is 4.79 Å². The van der Waals surface area contributed by atoms with Gasteiger partial charge in [-0.3, -0.25) is 9.69 Å². The van der Waals surface area contributed by atoms with Gasteiger partial charge in [-0.2, -0.15) is 0 Å². The van der Waals surface area contributed by atoms with Crippen LogP contribution in [0.15, 0.2) is 46.9 Å². The highest BCUT2D eigenvalue weighted by Crippen LogP contribution is 2.35. The molecule has 0 fully saturated rings. The molecule has 0 saturated carbocycles. The molecule has 0 radical (unpaired) electrons. The van der Waals surface area contributed by atoms with Crippen molar-refractivity contribution in [2.45, 2.75) is 59.2 Å². The molecule has 4 rings (SSSR count). The van der Waals surface area contributed by atoms with Gasteiger partial charge in [-0.1, -0.05) is 24.3 Å². The van der Waals surface area contributed by atoms with Crippen LogP contribution in [0.5, 0.6) is 5.75 Å². The molecule has 0 bridgehead atoms. The smallest absolute Gasteiger partial charge is 0.410 e. The summed E-state index contributed by atoms with van der Waals surface area (Å²) in [5.74, 6) is 1.17. The maximum absolute atomic E-state index is 12.5. The molecule has 35 heavy (non-hydrogen) atoms. The maximum Gasteiger partial charge on any atom is 0.410 e. The summed E-state index contributed by atoms with van der Waals surface area (Å²) in [5, 5.41) is 9.12. The van der Waals surface area contributed by atoms with Gasteiger partial charge in [0, 0.05) is 24.0 Å². The zero-order chi connectivity index (χ0) is 24.9. The molecule has 184 valence electrons. The molecule has 0 aliphatic carbocycles. The van der Waals surface area contributed by atoms with E-state index in [-0.39, 0.29) is 12.5 Å². The number of amides is 1.